The van der Waals surface area contributed by atoms with Gasteiger partial charge in [0.05, 0.1) is 5.60 Å². The first-order valence-corrected chi connectivity index (χ1v) is 7.27. The van der Waals surface area contributed by atoms with E-state index < -0.39 is 5.60 Å². The smallest absolute Gasteiger partial charge is 0.179 e. The number of thiophene rings is 1. The molecule has 1 aromatic carbocycles. The first-order valence-electron chi connectivity index (χ1n) is 6.45. The van der Waals surface area contributed by atoms with Gasteiger partial charge < -0.3 is 10.2 Å². The van der Waals surface area contributed by atoms with E-state index in [2.05, 4.69) is 0 Å². The summed E-state index contributed by atoms with van der Waals surface area (Å²) < 4.78 is 0.898. The second-order valence-electron chi connectivity index (χ2n) is 5.51. The molecule has 0 spiro atoms. The summed E-state index contributed by atoms with van der Waals surface area (Å²) in [7, 11) is 0. The molecule has 1 fully saturated rings. The molecule has 19 heavy (non-hydrogen) atoms. The van der Waals surface area contributed by atoms with Crippen molar-refractivity contribution in [3.63, 3.8) is 0 Å². The Balaban J connectivity index is 1.91. The quantitative estimate of drug-likeness (QED) is 0.842. The number of aliphatic hydroxyl groups is 1. The van der Waals surface area contributed by atoms with Crippen LogP contribution in [0.1, 0.15) is 35.9 Å². The summed E-state index contributed by atoms with van der Waals surface area (Å²) in [6.07, 6.45) is 2.05. The lowest BCUT2D eigenvalue weighted by molar-refractivity contribution is 0.0281. The van der Waals surface area contributed by atoms with Gasteiger partial charge in [0.2, 0.25) is 0 Å². The number of hydrogen-bond donors (Lipinski definition) is 2. The Kier molecular flexibility index (Phi) is 2.87. The van der Waals surface area contributed by atoms with E-state index in [4.69, 9.17) is 0 Å². The Labute approximate surface area is 115 Å². The second-order valence-corrected chi connectivity index (χ2v) is 6.56. The minimum Gasteiger partial charge on any atom is -0.506 e. The number of aromatic hydroxyl groups is 1. The molecule has 4 heteroatoms. The molecule has 3 nitrogen and oxygen atoms in total. The second kappa shape index (κ2) is 4.32. The van der Waals surface area contributed by atoms with Crippen molar-refractivity contribution in [2.45, 2.75) is 31.8 Å². The van der Waals surface area contributed by atoms with Crippen molar-refractivity contribution in [2.24, 2.45) is 5.92 Å². The molecule has 2 N–H and O–H groups in total. The van der Waals surface area contributed by atoms with Crippen molar-refractivity contribution in [1.82, 2.24) is 0 Å². The van der Waals surface area contributed by atoms with E-state index >= 15 is 0 Å². The largest absolute Gasteiger partial charge is 0.506 e. The first-order chi connectivity index (χ1) is 8.99. The molecule has 1 aliphatic carbocycles. The highest BCUT2D eigenvalue weighted by molar-refractivity contribution is 7.21. The highest BCUT2D eigenvalue weighted by atomic mass is 32.1. The third-order valence-corrected chi connectivity index (χ3v) is 5.00. The van der Waals surface area contributed by atoms with Crippen molar-refractivity contribution in [1.29, 1.82) is 0 Å². The fraction of sp³-hybridized carbons (Fsp3) is 0.400. The average molecular weight is 276 g/mol. The van der Waals surface area contributed by atoms with Crippen LogP contribution in [0.15, 0.2) is 24.3 Å². The number of Topliss-reactive ketones (excluding diaryl/α,β-unsaturated/α-hetero) is 1. The molecule has 1 heterocycles. The number of rotatable bonds is 4. The molecule has 3 rings (SSSR count). The van der Waals surface area contributed by atoms with Gasteiger partial charge in [0.25, 0.3) is 0 Å². The Morgan fingerprint density at radius 1 is 1.42 bits per heavy atom. The van der Waals surface area contributed by atoms with E-state index in [1.165, 1.54) is 11.3 Å². The Morgan fingerprint density at radius 2 is 2.11 bits per heavy atom. The average Bonchev–Trinajstić information content (AvgIpc) is 3.16. The van der Waals surface area contributed by atoms with Gasteiger partial charge in [-0.25, -0.2) is 0 Å². The van der Waals surface area contributed by atoms with Gasteiger partial charge >= 0.3 is 0 Å². The van der Waals surface area contributed by atoms with E-state index in [0.29, 0.717) is 10.3 Å². The number of carbonyl (C=O) groups excluding carboxylic acids is 1. The van der Waals surface area contributed by atoms with Crippen LogP contribution < -0.4 is 0 Å². The van der Waals surface area contributed by atoms with Gasteiger partial charge in [0.1, 0.15) is 10.6 Å². The third kappa shape index (κ3) is 2.26. The van der Waals surface area contributed by atoms with Crippen molar-refractivity contribution < 1.29 is 15.0 Å². The molecule has 100 valence electrons. The van der Waals surface area contributed by atoms with E-state index in [1.807, 2.05) is 18.2 Å². The minimum absolute atomic E-state index is 0.0530. The highest BCUT2D eigenvalue weighted by Crippen LogP contribution is 2.43. The summed E-state index contributed by atoms with van der Waals surface area (Å²) in [5.41, 5.74) is -0.945. The highest BCUT2D eigenvalue weighted by Gasteiger charge is 2.41. The summed E-state index contributed by atoms with van der Waals surface area (Å²) in [6.45, 7) is 1.72. The topological polar surface area (TPSA) is 57.5 Å². The molecule has 0 bridgehead atoms. The Bertz CT molecular complexity index is 638. The monoisotopic (exact) mass is 276 g/mol. The maximum Gasteiger partial charge on any atom is 0.179 e. The van der Waals surface area contributed by atoms with Crippen LogP contribution in [0.4, 0.5) is 0 Å². The SMILES string of the molecule is CC(O)(CC(=O)c1sc2ccccc2c1O)C1CC1. The van der Waals surface area contributed by atoms with Gasteiger partial charge in [0, 0.05) is 16.5 Å². The van der Waals surface area contributed by atoms with Crippen LogP contribution in [-0.4, -0.2) is 21.6 Å². The van der Waals surface area contributed by atoms with E-state index in [0.717, 1.165) is 17.5 Å². The molecular formula is C15H16O3S. The first kappa shape index (κ1) is 12.6. The molecule has 1 saturated carbocycles. The van der Waals surface area contributed by atoms with E-state index in [-0.39, 0.29) is 23.9 Å². The number of hydrogen-bond acceptors (Lipinski definition) is 4. The van der Waals surface area contributed by atoms with Crippen LogP contribution in [0.3, 0.4) is 0 Å². The van der Waals surface area contributed by atoms with Gasteiger partial charge in [-0.1, -0.05) is 12.1 Å². The molecule has 0 aliphatic heterocycles. The third-order valence-electron chi connectivity index (χ3n) is 3.80. The fourth-order valence-electron chi connectivity index (χ4n) is 2.48. The van der Waals surface area contributed by atoms with E-state index in [9.17, 15) is 15.0 Å². The lowest BCUT2D eigenvalue weighted by atomic mass is 9.93. The van der Waals surface area contributed by atoms with Crippen LogP contribution in [-0.2, 0) is 0 Å². The predicted molar refractivity (Wildman–Crippen MR) is 75.8 cm³/mol. The Hall–Kier alpha value is -1.39. The standard InChI is InChI=1S/C15H16O3S/c1-15(18,9-6-7-9)8-11(16)14-13(17)10-4-2-3-5-12(10)19-14/h2-5,9,17-18H,6-8H2,1H3. The molecule has 1 aromatic heterocycles. The molecule has 0 radical (unpaired) electrons. The minimum atomic E-state index is -0.945. The zero-order valence-corrected chi connectivity index (χ0v) is 11.5. The summed E-state index contributed by atoms with van der Waals surface area (Å²) >= 11 is 1.29. The van der Waals surface area contributed by atoms with Crippen molar-refractivity contribution in [3.8, 4) is 5.75 Å². The summed E-state index contributed by atoms with van der Waals surface area (Å²) in [5, 5.41) is 21.1. The molecule has 1 aliphatic rings. The van der Waals surface area contributed by atoms with Crippen molar-refractivity contribution >= 4 is 27.2 Å². The van der Waals surface area contributed by atoms with Gasteiger partial charge in [-0.15, -0.1) is 11.3 Å². The molecule has 1 unspecified atom stereocenters. The lowest BCUT2D eigenvalue weighted by Crippen LogP contribution is -2.30. The number of ketones is 1. The van der Waals surface area contributed by atoms with Crippen LogP contribution >= 0.6 is 11.3 Å². The van der Waals surface area contributed by atoms with E-state index in [1.54, 1.807) is 13.0 Å². The molecule has 0 saturated heterocycles. The van der Waals surface area contributed by atoms with Gasteiger partial charge in [-0.2, -0.15) is 0 Å². The lowest BCUT2D eigenvalue weighted by Gasteiger charge is -2.21. The molecule has 0 amide bonds. The van der Waals surface area contributed by atoms with Crippen molar-refractivity contribution in [3.05, 3.63) is 29.1 Å². The van der Waals surface area contributed by atoms with Crippen LogP contribution in [0.2, 0.25) is 0 Å². The zero-order chi connectivity index (χ0) is 13.6. The van der Waals surface area contributed by atoms with Gasteiger partial charge in [0.15, 0.2) is 5.78 Å². The molecule has 2 aromatic rings. The van der Waals surface area contributed by atoms with Crippen molar-refractivity contribution in [2.75, 3.05) is 0 Å². The normalized spacial score (nSPS) is 18.4. The number of carbonyl (C=O) groups is 1. The summed E-state index contributed by atoms with van der Waals surface area (Å²) in [5.74, 6) is 0.112. The van der Waals surface area contributed by atoms with Crippen LogP contribution in [0.5, 0.6) is 5.75 Å². The summed E-state index contributed by atoms with van der Waals surface area (Å²) in [4.78, 5) is 12.6. The zero-order valence-electron chi connectivity index (χ0n) is 10.7. The van der Waals surface area contributed by atoms with Crippen LogP contribution in [0, 0.1) is 5.92 Å². The molecular weight excluding hydrogens is 260 g/mol. The van der Waals surface area contributed by atoms with Gasteiger partial charge in [-0.3, -0.25) is 4.79 Å². The number of fused-ring (bicyclic) bond motifs is 1. The van der Waals surface area contributed by atoms with Gasteiger partial charge in [-0.05, 0) is 37.8 Å². The van der Waals surface area contributed by atoms with Crippen LogP contribution in [0.25, 0.3) is 10.1 Å². The number of benzene rings is 1. The predicted octanol–water partition coefficient (Wildman–Crippen LogP) is 3.34. The maximum absolute atomic E-state index is 12.3. The fourth-order valence-corrected chi connectivity index (χ4v) is 3.51. The summed E-state index contributed by atoms with van der Waals surface area (Å²) in [6, 6.07) is 7.41. The Morgan fingerprint density at radius 3 is 2.74 bits per heavy atom. The molecule has 1 atom stereocenters. The maximum atomic E-state index is 12.3.